The van der Waals surface area contributed by atoms with Crippen LogP contribution < -0.4 is 0 Å². The van der Waals surface area contributed by atoms with Crippen molar-refractivity contribution in [3.8, 4) is 0 Å². The first kappa shape index (κ1) is 29.1. The summed E-state index contributed by atoms with van der Waals surface area (Å²) in [5, 5.41) is 34.4. The van der Waals surface area contributed by atoms with Crippen LogP contribution in [0.5, 0.6) is 0 Å². The van der Waals surface area contributed by atoms with Crippen molar-refractivity contribution in [1.29, 1.82) is 0 Å². The van der Waals surface area contributed by atoms with E-state index < -0.39 is 76.4 Å². The number of hydrogen-bond donors (Lipinski definition) is 3. The van der Waals surface area contributed by atoms with Crippen LogP contribution in [0.15, 0.2) is 42.0 Å². The van der Waals surface area contributed by atoms with Crippen molar-refractivity contribution in [2.45, 2.75) is 83.1 Å². The van der Waals surface area contributed by atoms with Crippen LogP contribution in [0, 0.1) is 17.3 Å². The third kappa shape index (κ3) is 4.84. The van der Waals surface area contributed by atoms with Crippen molar-refractivity contribution in [1.82, 2.24) is 0 Å². The summed E-state index contributed by atoms with van der Waals surface area (Å²) in [6, 6.07) is 8.26. The van der Waals surface area contributed by atoms with Gasteiger partial charge in [-0.1, -0.05) is 18.2 Å². The summed E-state index contributed by atoms with van der Waals surface area (Å²) in [7, 11) is 0. The molecule has 3 aliphatic rings. The number of Topliss-reactive ketones (excluding diaryl/α,β-unsaturated/α-hetero) is 1. The Morgan fingerprint density at radius 3 is 2.28 bits per heavy atom. The standard InChI is InChI=1S/C29H36O10/c1-15-11-20(32)25(35)28(5)21(33)13-22-29(14-37-22,38-16(2)30)24(28)23(34)18(12-19(15)31)27(3,4)39-26(36)17-9-7-6-8-10-17/h6-11,18-19,21-24,31,33-34H,12-14H2,1-5H3/b15-11-/t18-,19-,21-,22+,23+,24-,28+,29-/m0/s1. The fraction of sp³-hybridized carbons (Fsp3) is 0.586. The Morgan fingerprint density at radius 2 is 1.72 bits per heavy atom. The lowest BCUT2D eigenvalue weighted by atomic mass is 9.50. The molecular formula is C29H36O10. The zero-order valence-corrected chi connectivity index (χ0v) is 22.7. The number of rotatable bonds is 4. The lowest BCUT2D eigenvalue weighted by molar-refractivity contribution is -0.334. The molecule has 0 spiro atoms. The third-order valence-electron chi connectivity index (χ3n) is 8.78. The zero-order chi connectivity index (χ0) is 28.9. The first-order valence-corrected chi connectivity index (χ1v) is 13.1. The topological polar surface area (TPSA) is 157 Å². The molecule has 1 aromatic carbocycles. The second-order valence-electron chi connectivity index (χ2n) is 11.6. The molecule has 1 aliphatic heterocycles. The number of ketones is 2. The number of carbonyl (C=O) groups excluding carboxylic acids is 4. The number of allylic oxidation sites excluding steroid dienone is 1. The SMILES string of the molecule is CC(=O)O[C@@]12CO[C@@H]1C[C@H](O)[C@@]1(C)C(=O)C(=O)/C=C(/C)[C@@H](O)C[C@H](C(C)(C)OC(=O)c3ccccc3)[C@@H](O)[C@H]21. The van der Waals surface area contributed by atoms with Crippen LogP contribution in [0.4, 0.5) is 0 Å². The quantitative estimate of drug-likeness (QED) is 0.375. The maximum Gasteiger partial charge on any atom is 0.338 e. The summed E-state index contributed by atoms with van der Waals surface area (Å²) < 4.78 is 17.3. The van der Waals surface area contributed by atoms with Gasteiger partial charge in [0.25, 0.3) is 0 Å². The van der Waals surface area contributed by atoms with Crippen molar-refractivity contribution in [3.05, 3.63) is 47.5 Å². The first-order chi connectivity index (χ1) is 18.1. The summed E-state index contributed by atoms with van der Waals surface area (Å²) in [6.07, 6.45) is -4.36. The molecule has 0 unspecified atom stereocenters. The highest BCUT2D eigenvalue weighted by Gasteiger charge is 2.73. The van der Waals surface area contributed by atoms with Gasteiger partial charge in [0.2, 0.25) is 11.6 Å². The van der Waals surface area contributed by atoms with Crippen LogP contribution in [0.2, 0.25) is 0 Å². The average Bonchev–Trinajstić information content (AvgIpc) is 2.86. The first-order valence-electron chi connectivity index (χ1n) is 13.1. The number of hydrogen-bond acceptors (Lipinski definition) is 10. The molecule has 10 heteroatoms. The number of aliphatic hydroxyl groups excluding tert-OH is 3. The number of ether oxygens (including phenoxy) is 3. The molecule has 212 valence electrons. The lowest BCUT2D eigenvalue weighted by Crippen LogP contribution is -2.78. The summed E-state index contributed by atoms with van der Waals surface area (Å²) >= 11 is 0. The molecule has 39 heavy (non-hydrogen) atoms. The van der Waals surface area contributed by atoms with Crippen molar-refractivity contribution in [3.63, 3.8) is 0 Å². The fourth-order valence-corrected chi connectivity index (χ4v) is 6.52. The van der Waals surface area contributed by atoms with Crippen LogP contribution in [-0.2, 0) is 28.6 Å². The minimum atomic E-state index is -1.89. The molecular weight excluding hydrogens is 508 g/mol. The molecule has 1 heterocycles. The molecule has 0 radical (unpaired) electrons. The van der Waals surface area contributed by atoms with E-state index in [0.717, 1.165) is 6.08 Å². The second-order valence-corrected chi connectivity index (χ2v) is 11.6. The minimum Gasteiger partial charge on any atom is -0.456 e. The van der Waals surface area contributed by atoms with Gasteiger partial charge in [-0.2, -0.15) is 0 Å². The molecule has 8 atom stereocenters. The molecule has 1 saturated carbocycles. The predicted molar refractivity (Wildman–Crippen MR) is 136 cm³/mol. The van der Waals surface area contributed by atoms with E-state index in [2.05, 4.69) is 0 Å². The highest BCUT2D eigenvalue weighted by Crippen LogP contribution is 2.58. The predicted octanol–water partition coefficient (Wildman–Crippen LogP) is 1.54. The number of esters is 2. The number of carbonyl (C=O) groups is 4. The molecule has 0 amide bonds. The van der Waals surface area contributed by atoms with Crippen LogP contribution in [-0.4, -0.2) is 81.0 Å². The van der Waals surface area contributed by atoms with Gasteiger partial charge in [-0.25, -0.2) is 4.79 Å². The molecule has 3 N–H and O–H groups in total. The lowest BCUT2D eigenvalue weighted by Gasteiger charge is -2.63. The van der Waals surface area contributed by atoms with Crippen LogP contribution in [0.25, 0.3) is 0 Å². The monoisotopic (exact) mass is 544 g/mol. The molecule has 10 nitrogen and oxygen atoms in total. The summed E-state index contributed by atoms with van der Waals surface area (Å²) in [6.45, 7) is 7.04. The van der Waals surface area contributed by atoms with Crippen molar-refractivity contribution in [2.75, 3.05) is 6.61 Å². The van der Waals surface area contributed by atoms with Gasteiger partial charge < -0.3 is 29.5 Å². The summed E-state index contributed by atoms with van der Waals surface area (Å²) in [5.41, 5.74) is -4.39. The normalized spacial score (nSPS) is 38.3. The van der Waals surface area contributed by atoms with E-state index >= 15 is 0 Å². The molecule has 2 fully saturated rings. The maximum absolute atomic E-state index is 13.7. The van der Waals surface area contributed by atoms with E-state index in [1.807, 2.05) is 0 Å². The molecule has 0 aromatic heterocycles. The molecule has 2 aliphatic carbocycles. The summed E-state index contributed by atoms with van der Waals surface area (Å²) in [5.74, 6) is -5.65. The van der Waals surface area contributed by atoms with Gasteiger partial charge in [0, 0.05) is 25.2 Å². The van der Waals surface area contributed by atoms with Crippen molar-refractivity contribution < 1.29 is 48.7 Å². The molecule has 1 aromatic rings. The van der Waals surface area contributed by atoms with E-state index in [1.165, 1.54) is 20.8 Å². The van der Waals surface area contributed by atoms with Crippen LogP contribution >= 0.6 is 0 Å². The van der Waals surface area contributed by atoms with Gasteiger partial charge in [0.15, 0.2) is 5.60 Å². The van der Waals surface area contributed by atoms with Gasteiger partial charge in [0.1, 0.15) is 11.7 Å². The molecule has 4 rings (SSSR count). The highest BCUT2D eigenvalue weighted by molar-refractivity contribution is 6.43. The van der Waals surface area contributed by atoms with E-state index in [-0.39, 0.29) is 30.6 Å². The Bertz CT molecular complexity index is 1190. The van der Waals surface area contributed by atoms with E-state index in [9.17, 15) is 34.5 Å². The Morgan fingerprint density at radius 1 is 1.08 bits per heavy atom. The van der Waals surface area contributed by atoms with E-state index in [1.54, 1.807) is 44.2 Å². The summed E-state index contributed by atoms with van der Waals surface area (Å²) in [4.78, 5) is 52.1. The van der Waals surface area contributed by atoms with Gasteiger partial charge in [-0.15, -0.1) is 0 Å². The third-order valence-corrected chi connectivity index (χ3v) is 8.78. The number of aliphatic hydroxyl groups is 3. The maximum atomic E-state index is 13.7. The molecule has 0 bridgehead atoms. The minimum absolute atomic E-state index is 0.103. The Balaban J connectivity index is 1.87. The highest BCUT2D eigenvalue weighted by atomic mass is 16.6. The van der Waals surface area contributed by atoms with Gasteiger partial charge in [-0.05, 0) is 57.9 Å². The van der Waals surface area contributed by atoms with E-state index in [4.69, 9.17) is 14.2 Å². The Labute approximate surface area is 226 Å². The van der Waals surface area contributed by atoms with Crippen molar-refractivity contribution >= 4 is 23.5 Å². The zero-order valence-electron chi connectivity index (χ0n) is 22.7. The van der Waals surface area contributed by atoms with Crippen LogP contribution in [0.3, 0.4) is 0 Å². The van der Waals surface area contributed by atoms with Gasteiger partial charge >= 0.3 is 11.9 Å². The van der Waals surface area contributed by atoms with Gasteiger partial charge in [0.05, 0.1) is 35.9 Å². The Hall–Kier alpha value is -2.92. The number of fused-ring (bicyclic) bond motifs is 3. The van der Waals surface area contributed by atoms with E-state index in [0.29, 0.717) is 0 Å². The average molecular weight is 545 g/mol. The fourth-order valence-electron chi connectivity index (χ4n) is 6.52. The second kappa shape index (κ2) is 10.2. The largest absolute Gasteiger partial charge is 0.456 e. The van der Waals surface area contributed by atoms with Gasteiger partial charge in [-0.3, -0.25) is 14.4 Å². The molecule has 1 saturated heterocycles. The number of benzene rings is 1. The van der Waals surface area contributed by atoms with Crippen LogP contribution in [0.1, 0.15) is 57.8 Å². The Kier molecular flexibility index (Phi) is 7.63. The van der Waals surface area contributed by atoms with Crippen molar-refractivity contribution in [2.24, 2.45) is 17.3 Å². The smallest absolute Gasteiger partial charge is 0.338 e.